The van der Waals surface area contributed by atoms with Crippen LogP contribution >= 0.6 is 11.6 Å². The molecule has 46 heavy (non-hydrogen) atoms. The first kappa shape index (κ1) is 32.3. The highest BCUT2D eigenvalue weighted by Gasteiger charge is 2.22. The lowest BCUT2D eigenvalue weighted by atomic mass is 10.2. The number of halogens is 2. The van der Waals surface area contributed by atoms with Crippen LogP contribution in [0.15, 0.2) is 140 Å². The van der Waals surface area contributed by atoms with Gasteiger partial charge in [0.05, 0.1) is 31.8 Å². The Morgan fingerprint density at radius 2 is 1.33 bits per heavy atom. The summed E-state index contributed by atoms with van der Waals surface area (Å²) in [6.07, 6.45) is 5.02. The SMILES string of the molecule is Cc1cc(Cl)cc(S(=O)(=O)c2ccc(N(C(=NCc3ccc(S(=O)(=O)c4ccc(F)cc4)cc3)NC#N)c3ccncc3)cc2)c1. The highest BCUT2D eigenvalue weighted by Crippen LogP contribution is 2.30. The molecule has 0 fully saturated rings. The lowest BCUT2D eigenvalue weighted by Crippen LogP contribution is -2.36. The molecule has 1 N–H and O–H groups in total. The number of nitriles is 1. The van der Waals surface area contributed by atoms with Gasteiger partial charge >= 0.3 is 0 Å². The van der Waals surface area contributed by atoms with E-state index in [0.29, 0.717) is 27.5 Å². The minimum atomic E-state index is -3.87. The predicted octanol–water partition coefficient (Wildman–Crippen LogP) is 6.61. The fourth-order valence-electron chi connectivity index (χ4n) is 4.56. The number of pyridine rings is 1. The Labute approximate surface area is 271 Å². The van der Waals surface area contributed by atoms with Crippen LogP contribution in [0, 0.1) is 24.2 Å². The van der Waals surface area contributed by atoms with Gasteiger partial charge in [-0.05, 0) is 109 Å². The van der Waals surface area contributed by atoms with Gasteiger partial charge in [-0.2, -0.15) is 5.26 Å². The molecule has 0 spiro atoms. The summed E-state index contributed by atoms with van der Waals surface area (Å²) in [5.41, 5.74) is 2.43. The van der Waals surface area contributed by atoms with Gasteiger partial charge in [-0.25, -0.2) is 26.2 Å². The van der Waals surface area contributed by atoms with Crippen LogP contribution in [0.4, 0.5) is 15.8 Å². The van der Waals surface area contributed by atoms with Crippen molar-refractivity contribution < 1.29 is 21.2 Å². The van der Waals surface area contributed by atoms with E-state index in [4.69, 9.17) is 11.6 Å². The van der Waals surface area contributed by atoms with Crippen molar-refractivity contribution >= 4 is 48.6 Å². The third kappa shape index (κ3) is 7.07. The zero-order valence-electron chi connectivity index (χ0n) is 24.2. The van der Waals surface area contributed by atoms with Crippen molar-refractivity contribution in [1.29, 1.82) is 5.26 Å². The number of hydrogen-bond donors (Lipinski definition) is 1. The molecule has 1 heterocycles. The summed E-state index contributed by atoms with van der Waals surface area (Å²) in [5, 5.41) is 12.5. The van der Waals surface area contributed by atoms with Crippen molar-refractivity contribution in [2.24, 2.45) is 4.99 Å². The molecule has 0 radical (unpaired) electrons. The normalized spacial score (nSPS) is 11.9. The Bertz CT molecular complexity index is 2140. The number of guanidine groups is 1. The van der Waals surface area contributed by atoms with E-state index in [1.807, 2.05) is 6.19 Å². The number of benzene rings is 4. The Morgan fingerprint density at radius 1 is 0.804 bits per heavy atom. The molecule has 0 bridgehead atoms. The molecule has 0 aliphatic carbocycles. The topological polar surface area (TPSA) is 133 Å². The van der Waals surface area contributed by atoms with Crippen LogP contribution in [-0.2, 0) is 26.2 Å². The second kappa shape index (κ2) is 13.5. The van der Waals surface area contributed by atoms with E-state index in [1.54, 1.807) is 72.7 Å². The molecule has 0 saturated carbocycles. The molecule has 232 valence electrons. The third-order valence-electron chi connectivity index (χ3n) is 6.80. The lowest BCUT2D eigenvalue weighted by Gasteiger charge is -2.25. The van der Waals surface area contributed by atoms with Crippen molar-refractivity contribution in [3.05, 3.63) is 137 Å². The Kier molecular flexibility index (Phi) is 9.48. The number of nitrogens with one attached hydrogen (secondary N) is 1. The van der Waals surface area contributed by atoms with Gasteiger partial charge in [0.2, 0.25) is 25.6 Å². The van der Waals surface area contributed by atoms with E-state index >= 15 is 0 Å². The summed E-state index contributed by atoms with van der Waals surface area (Å²) in [4.78, 5) is 10.4. The van der Waals surface area contributed by atoms with Gasteiger partial charge in [0.15, 0.2) is 6.19 Å². The zero-order chi connectivity index (χ0) is 32.9. The van der Waals surface area contributed by atoms with Crippen LogP contribution in [0.1, 0.15) is 11.1 Å². The molecule has 5 rings (SSSR count). The molecule has 0 unspecified atom stereocenters. The van der Waals surface area contributed by atoms with E-state index in [-0.39, 0.29) is 32.1 Å². The minimum absolute atomic E-state index is 0.0311. The molecule has 1 aromatic heterocycles. The fourth-order valence-corrected chi connectivity index (χ4v) is 7.57. The molecule has 0 atom stereocenters. The number of aliphatic imine (C=N–C) groups is 1. The van der Waals surface area contributed by atoms with Gasteiger partial charge in [0, 0.05) is 23.1 Å². The van der Waals surface area contributed by atoms with Crippen LogP contribution in [0.3, 0.4) is 0 Å². The van der Waals surface area contributed by atoms with E-state index in [2.05, 4.69) is 15.3 Å². The molecule has 4 aromatic carbocycles. The van der Waals surface area contributed by atoms with Crippen molar-refractivity contribution in [1.82, 2.24) is 10.3 Å². The number of hydrogen-bond acceptors (Lipinski definition) is 7. The monoisotopic (exact) mass is 673 g/mol. The molecule has 0 saturated heterocycles. The number of sulfone groups is 2. The maximum Gasteiger partial charge on any atom is 0.216 e. The standard InChI is InChI=1S/C33H25ClFN5O4S2/c1-23-18-25(34)20-32(19-23)46(43,44)31-12-6-27(7-13-31)40(28-14-16-37-17-15-28)33(39-22-36)38-21-24-2-8-29(9-3-24)45(41,42)30-10-4-26(35)5-11-30/h2-20H,21H2,1H3,(H,38,39). The number of aromatic nitrogens is 1. The van der Waals surface area contributed by atoms with Gasteiger partial charge in [-0.15, -0.1) is 0 Å². The number of aryl methyl sites for hydroxylation is 1. The van der Waals surface area contributed by atoms with Gasteiger partial charge < -0.3 is 0 Å². The van der Waals surface area contributed by atoms with E-state index in [9.17, 15) is 26.5 Å². The van der Waals surface area contributed by atoms with Crippen molar-refractivity contribution in [3.8, 4) is 6.19 Å². The Hall–Kier alpha value is -5.09. The molecule has 0 aliphatic heterocycles. The summed E-state index contributed by atoms with van der Waals surface area (Å²) in [6.45, 7) is 1.82. The van der Waals surface area contributed by atoms with Crippen LogP contribution < -0.4 is 10.2 Å². The number of nitrogens with zero attached hydrogens (tertiary/aromatic N) is 4. The molecule has 9 nitrogen and oxygen atoms in total. The summed E-state index contributed by atoms with van der Waals surface area (Å²) in [7, 11) is -7.73. The quantitative estimate of drug-likeness (QED) is 0.0640. The third-order valence-corrected chi connectivity index (χ3v) is 10.6. The van der Waals surface area contributed by atoms with Crippen molar-refractivity contribution in [3.63, 3.8) is 0 Å². The molecular formula is C33H25ClFN5O4S2. The average Bonchev–Trinajstić information content (AvgIpc) is 3.04. The van der Waals surface area contributed by atoms with Crippen molar-refractivity contribution in [2.45, 2.75) is 33.1 Å². The molecule has 0 aliphatic rings. The first-order chi connectivity index (χ1) is 22.0. The average molecular weight is 674 g/mol. The first-order valence-electron chi connectivity index (χ1n) is 13.6. The van der Waals surface area contributed by atoms with E-state index in [0.717, 1.165) is 12.1 Å². The highest BCUT2D eigenvalue weighted by atomic mass is 35.5. The lowest BCUT2D eigenvalue weighted by molar-refractivity contribution is 0.593. The maximum atomic E-state index is 13.4. The second-order valence-electron chi connectivity index (χ2n) is 9.98. The molecule has 5 aromatic rings. The first-order valence-corrected chi connectivity index (χ1v) is 16.9. The van der Waals surface area contributed by atoms with Crippen LogP contribution in [0.5, 0.6) is 0 Å². The maximum absolute atomic E-state index is 13.4. The highest BCUT2D eigenvalue weighted by molar-refractivity contribution is 7.91. The van der Waals surface area contributed by atoms with Crippen LogP contribution in [0.25, 0.3) is 0 Å². The number of anilines is 2. The Morgan fingerprint density at radius 3 is 1.89 bits per heavy atom. The zero-order valence-corrected chi connectivity index (χ0v) is 26.6. The molecular weight excluding hydrogens is 649 g/mol. The number of rotatable bonds is 8. The molecule has 0 amide bonds. The summed E-state index contributed by atoms with van der Waals surface area (Å²) < 4.78 is 65.9. The largest absolute Gasteiger partial charge is 0.280 e. The summed E-state index contributed by atoms with van der Waals surface area (Å²) in [6, 6.07) is 24.7. The van der Waals surface area contributed by atoms with Crippen LogP contribution in [0.2, 0.25) is 5.02 Å². The van der Waals surface area contributed by atoms with Gasteiger partial charge in [-0.3, -0.25) is 15.2 Å². The smallest absolute Gasteiger partial charge is 0.216 e. The summed E-state index contributed by atoms with van der Waals surface area (Å²) >= 11 is 6.11. The van der Waals surface area contributed by atoms with Gasteiger partial charge in [0.1, 0.15) is 5.82 Å². The Balaban J connectivity index is 1.46. The minimum Gasteiger partial charge on any atom is -0.280 e. The predicted molar refractivity (Wildman–Crippen MR) is 173 cm³/mol. The van der Waals surface area contributed by atoms with Gasteiger partial charge in [-0.1, -0.05) is 23.7 Å². The second-order valence-corrected chi connectivity index (χ2v) is 14.3. The summed E-state index contributed by atoms with van der Waals surface area (Å²) in [5.74, 6) is -0.416. The molecule has 13 heteroatoms. The van der Waals surface area contributed by atoms with Crippen molar-refractivity contribution in [2.75, 3.05) is 4.90 Å². The van der Waals surface area contributed by atoms with Crippen LogP contribution in [-0.4, -0.2) is 27.8 Å². The van der Waals surface area contributed by atoms with E-state index < -0.39 is 25.5 Å². The fraction of sp³-hybridized carbons (Fsp3) is 0.0606. The van der Waals surface area contributed by atoms with E-state index in [1.165, 1.54) is 42.5 Å². The van der Waals surface area contributed by atoms with Gasteiger partial charge in [0.25, 0.3) is 0 Å².